The highest BCUT2D eigenvalue weighted by atomic mass is 16.6. The zero-order chi connectivity index (χ0) is 34.3. The molecule has 0 aromatic carbocycles. The van der Waals surface area contributed by atoms with Gasteiger partial charge >= 0.3 is 17.9 Å². The van der Waals surface area contributed by atoms with E-state index in [2.05, 4.69) is 20.1 Å². The number of unbranched alkanes of at least 4 members (excludes halogenated alkanes) is 14. The number of carbonyl (C=O) groups is 3. The van der Waals surface area contributed by atoms with Gasteiger partial charge < -0.3 is 23.7 Å². The summed E-state index contributed by atoms with van der Waals surface area (Å²) in [6.07, 6.45) is 16.8. The number of hydrogen-bond donors (Lipinski definition) is 1. The monoisotopic (exact) mass is 654 g/mol. The van der Waals surface area contributed by atoms with Crippen LogP contribution in [0.4, 0.5) is 0 Å². The third-order valence-electron chi connectivity index (χ3n) is 9.53. The third-order valence-corrected chi connectivity index (χ3v) is 9.53. The highest BCUT2D eigenvalue weighted by Crippen LogP contribution is 2.40. The number of hydrogen-bond acceptors (Lipinski definition) is 8. The van der Waals surface area contributed by atoms with Crippen LogP contribution in [0, 0.1) is 5.92 Å². The Balaban J connectivity index is 1.57. The van der Waals surface area contributed by atoms with E-state index in [1.54, 1.807) is 26.0 Å². The molecule has 3 rings (SSSR count). The average Bonchev–Trinajstić information content (AvgIpc) is 3.61. The molecule has 4 bridgehead atoms. The molecule has 0 radical (unpaired) electrons. The molecule has 0 aliphatic carbocycles. The quantitative estimate of drug-likeness (QED) is 0.0642. The summed E-state index contributed by atoms with van der Waals surface area (Å²) in [5.41, 5.74) is 1.53. The van der Waals surface area contributed by atoms with Crippen LogP contribution in [0.25, 0.3) is 0 Å². The van der Waals surface area contributed by atoms with Crippen molar-refractivity contribution >= 4 is 17.9 Å². The number of fused-ring (bicyclic) bond motifs is 3. The lowest BCUT2D eigenvalue weighted by Crippen LogP contribution is -2.41. The van der Waals surface area contributed by atoms with Crippen LogP contribution in [0.15, 0.2) is 46.4 Å². The van der Waals surface area contributed by atoms with Crippen molar-refractivity contribution in [3.8, 4) is 0 Å². The second-order valence-corrected chi connectivity index (χ2v) is 13.6. The smallest absolute Gasteiger partial charge is 0.341 e. The molecule has 1 aromatic rings. The maximum Gasteiger partial charge on any atom is 0.341 e. The van der Waals surface area contributed by atoms with Crippen LogP contribution in [0.3, 0.4) is 0 Å². The number of methoxy groups -OCH3 is 1. The summed E-state index contributed by atoms with van der Waals surface area (Å²) in [4.78, 5) is 39.0. The van der Waals surface area contributed by atoms with Gasteiger partial charge in [-0.3, -0.25) is 4.79 Å². The van der Waals surface area contributed by atoms with Crippen molar-refractivity contribution in [3.05, 3.63) is 59.1 Å². The van der Waals surface area contributed by atoms with E-state index in [9.17, 15) is 19.5 Å². The second kappa shape index (κ2) is 19.6. The highest BCUT2D eigenvalue weighted by Gasteiger charge is 2.45. The van der Waals surface area contributed by atoms with Gasteiger partial charge in [0.2, 0.25) is 0 Å². The SMILES string of the molecule is C=C(C)[C@H]1Cc2oc(cc2C(=O)OC)[C@H](C(=C)C)[C@H]2C=C(C(=O)O2)[C@@H](OC(=O)CCCCCCCCCCCCCCCCC)[C@@H]1O. The molecule has 8 heteroatoms. The number of aliphatic hydroxyl groups excluding tert-OH is 1. The van der Waals surface area contributed by atoms with E-state index < -0.39 is 48.1 Å². The fourth-order valence-electron chi connectivity index (χ4n) is 6.72. The summed E-state index contributed by atoms with van der Waals surface area (Å²) < 4.78 is 22.7. The minimum absolute atomic E-state index is 0.0872. The summed E-state index contributed by atoms with van der Waals surface area (Å²) in [5.74, 6) is -2.34. The fraction of sp³-hybridized carbons (Fsp3) is 0.667. The van der Waals surface area contributed by atoms with Crippen LogP contribution >= 0.6 is 0 Å². The Bertz CT molecular complexity index is 1240. The van der Waals surface area contributed by atoms with Crippen molar-refractivity contribution < 1.29 is 38.1 Å². The molecule has 0 spiro atoms. The Hall–Kier alpha value is -3.13. The Morgan fingerprint density at radius 3 is 1.96 bits per heavy atom. The molecule has 0 fully saturated rings. The van der Waals surface area contributed by atoms with E-state index in [0.29, 0.717) is 29.1 Å². The average molecular weight is 655 g/mol. The largest absolute Gasteiger partial charge is 0.465 e. The molecule has 2 aliphatic heterocycles. The first-order valence-electron chi connectivity index (χ1n) is 17.9. The highest BCUT2D eigenvalue weighted by molar-refractivity contribution is 5.93. The van der Waals surface area contributed by atoms with Crippen molar-refractivity contribution in [2.45, 2.75) is 154 Å². The number of rotatable bonds is 20. The van der Waals surface area contributed by atoms with Crippen LogP contribution in [-0.2, 0) is 30.2 Å². The van der Waals surface area contributed by atoms with Crippen molar-refractivity contribution in [1.29, 1.82) is 0 Å². The van der Waals surface area contributed by atoms with E-state index in [0.717, 1.165) is 19.3 Å². The molecule has 0 saturated heterocycles. The fourth-order valence-corrected chi connectivity index (χ4v) is 6.72. The molecule has 47 heavy (non-hydrogen) atoms. The first kappa shape index (κ1) is 38.3. The molecule has 3 heterocycles. The van der Waals surface area contributed by atoms with Crippen molar-refractivity contribution in [2.24, 2.45) is 5.92 Å². The Morgan fingerprint density at radius 1 is 0.894 bits per heavy atom. The minimum Gasteiger partial charge on any atom is -0.465 e. The maximum absolute atomic E-state index is 13.2. The summed E-state index contributed by atoms with van der Waals surface area (Å²) in [5, 5.41) is 11.7. The van der Waals surface area contributed by atoms with Crippen molar-refractivity contribution in [2.75, 3.05) is 7.11 Å². The van der Waals surface area contributed by atoms with Gasteiger partial charge in [-0.15, -0.1) is 0 Å². The minimum atomic E-state index is -1.34. The van der Waals surface area contributed by atoms with Gasteiger partial charge in [-0.05, 0) is 32.4 Å². The summed E-state index contributed by atoms with van der Waals surface area (Å²) >= 11 is 0. The summed E-state index contributed by atoms with van der Waals surface area (Å²) in [6, 6.07) is 1.58. The molecule has 262 valence electrons. The lowest BCUT2D eigenvalue weighted by molar-refractivity contribution is -0.156. The Morgan fingerprint density at radius 2 is 1.45 bits per heavy atom. The Labute approximate surface area is 282 Å². The van der Waals surface area contributed by atoms with E-state index in [4.69, 9.17) is 18.6 Å². The third kappa shape index (κ3) is 11.2. The number of carbonyl (C=O) groups excluding carboxylic acids is 3. The molecule has 0 amide bonds. The lowest BCUT2D eigenvalue weighted by Gasteiger charge is -2.30. The van der Waals surface area contributed by atoms with Gasteiger partial charge in [0, 0.05) is 18.8 Å². The van der Waals surface area contributed by atoms with Gasteiger partial charge in [0.25, 0.3) is 0 Å². The number of furan rings is 1. The molecule has 1 N–H and O–H groups in total. The first-order valence-corrected chi connectivity index (χ1v) is 17.9. The van der Waals surface area contributed by atoms with Gasteiger partial charge in [0.1, 0.15) is 29.3 Å². The molecule has 8 nitrogen and oxygen atoms in total. The van der Waals surface area contributed by atoms with Crippen molar-refractivity contribution in [1.82, 2.24) is 0 Å². The molecular formula is C39H58O8. The van der Waals surface area contributed by atoms with E-state index in [-0.39, 0.29) is 24.0 Å². The lowest BCUT2D eigenvalue weighted by atomic mass is 9.84. The Kier molecular flexibility index (Phi) is 16.0. The molecule has 0 saturated carbocycles. The second-order valence-electron chi connectivity index (χ2n) is 13.6. The number of ether oxygens (including phenoxy) is 3. The predicted octanol–water partition coefficient (Wildman–Crippen LogP) is 8.86. The van der Waals surface area contributed by atoms with Crippen LogP contribution < -0.4 is 0 Å². The van der Waals surface area contributed by atoms with E-state index in [1.165, 1.54) is 77.7 Å². The first-order chi connectivity index (χ1) is 22.6. The van der Waals surface area contributed by atoms with E-state index in [1.807, 2.05) is 0 Å². The van der Waals surface area contributed by atoms with Gasteiger partial charge in [0.05, 0.1) is 18.6 Å². The zero-order valence-corrected chi connectivity index (χ0v) is 29.3. The van der Waals surface area contributed by atoms with Crippen LogP contribution in [-0.4, -0.2) is 48.4 Å². The molecule has 1 aromatic heterocycles. The van der Waals surface area contributed by atoms with Crippen LogP contribution in [0.2, 0.25) is 0 Å². The molecule has 2 aliphatic rings. The van der Waals surface area contributed by atoms with E-state index >= 15 is 0 Å². The van der Waals surface area contributed by atoms with Gasteiger partial charge in [0.15, 0.2) is 6.10 Å². The predicted molar refractivity (Wildman–Crippen MR) is 183 cm³/mol. The normalized spacial score (nSPS) is 22.2. The van der Waals surface area contributed by atoms with Gasteiger partial charge in [-0.2, -0.15) is 0 Å². The van der Waals surface area contributed by atoms with Crippen LogP contribution in [0.1, 0.15) is 151 Å². The topological polar surface area (TPSA) is 112 Å². The molecular weight excluding hydrogens is 596 g/mol. The van der Waals surface area contributed by atoms with Gasteiger partial charge in [-0.25, -0.2) is 9.59 Å². The maximum atomic E-state index is 13.2. The summed E-state index contributed by atoms with van der Waals surface area (Å²) in [6.45, 7) is 13.9. The number of esters is 3. The standard InChI is InChI=1S/C39H58O8/c1-7-8-9-10-11-12-13-14-15-16-17-18-19-20-21-22-34(40)47-37-30-25-33(46-39(30)43)35(27(4)5)32-24-29(38(42)44-6)31(45-32)23-28(26(2)3)36(37)41/h24-25,28,33,35-37,41H,2,4,7-23H2,1,3,5-6H3/t28-,33-,35+,36-,37-/m1/s1. The van der Waals surface area contributed by atoms with Gasteiger partial charge in [-0.1, -0.05) is 121 Å². The molecule has 0 unspecified atom stereocenters. The molecule has 5 atom stereocenters. The number of aliphatic hydroxyl groups is 1. The zero-order valence-electron chi connectivity index (χ0n) is 29.3. The summed E-state index contributed by atoms with van der Waals surface area (Å²) in [7, 11) is 1.28. The van der Waals surface area contributed by atoms with Crippen LogP contribution in [0.5, 0.6) is 0 Å². The van der Waals surface area contributed by atoms with Crippen molar-refractivity contribution in [3.63, 3.8) is 0 Å².